The molecule has 230 valence electrons. The molecule has 1 atom stereocenters. The smallest absolute Gasteiger partial charge is 0.475 e. The standard InChI is InChI=1S/C26H33N3.C4H8.C2HF3O2.CH2O/c1-5-6-7-9-20(2)23-11-13-24(14-12-23)26-15-17-27-22(4)25(26)10-8-18-29-19-16-21(3)28-29;1-3-4-2;3-2(4,5)1(6)7;1-2/h8,10-17,19-20H,5-7,9,18H2,1-4H3;3H,1,4H2,2H3;(H,6,7);1H2/b10-8+;;;. The van der Waals surface area contributed by atoms with E-state index >= 15 is 0 Å². The Labute approximate surface area is 248 Å². The van der Waals surface area contributed by atoms with Crippen molar-refractivity contribution in [3.63, 3.8) is 0 Å². The number of hydrogen-bond donors (Lipinski definition) is 1. The number of carbonyl (C=O) groups excluding carboxylic acids is 1. The van der Waals surface area contributed by atoms with Gasteiger partial charge in [0.2, 0.25) is 0 Å². The monoisotopic (exact) mass is 587 g/mol. The van der Waals surface area contributed by atoms with Crippen LogP contribution < -0.4 is 0 Å². The van der Waals surface area contributed by atoms with Crippen molar-refractivity contribution in [2.75, 3.05) is 0 Å². The summed E-state index contributed by atoms with van der Waals surface area (Å²) in [6.07, 6.45) is 11.3. The molecule has 1 aromatic carbocycles. The van der Waals surface area contributed by atoms with E-state index in [-0.39, 0.29) is 0 Å². The number of allylic oxidation sites excluding steroid dienone is 2. The highest BCUT2D eigenvalue weighted by Gasteiger charge is 2.38. The van der Waals surface area contributed by atoms with Crippen molar-refractivity contribution in [3.05, 3.63) is 90.0 Å². The summed E-state index contributed by atoms with van der Waals surface area (Å²) in [6.45, 7) is 17.0. The van der Waals surface area contributed by atoms with Gasteiger partial charge in [-0.05, 0) is 61.4 Å². The van der Waals surface area contributed by atoms with Gasteiger partial charge in [0, 0.05) is 23.7 Å². The molecule has 0 amide bonds. The van der Waals surface area contributed by atoms with Gasteiger partial charge in [-0.15, -0.1) is 6.58 Å². The van der Waals surface area contributed by atoms with Gasteiger partial charge in [-0.3, -0.25) is 9.67 Å². The van der Waals surface area contributed by atoms with Crippen LogP contribution >= 0.6 is 0 Å². The largest absolute Gasteiger partial charge is 0.490 e. The first-order valence-electron chi connectivity index (χ1n) is 13.9. The minimum atomic E-state index is -5.08. The molecule has 0 saturated carbocycles. The van der Waals surface area contributed by atoms with Crippen LogP contribution in [0.5, 0.6) is 0 Å². The maximum absolute atomic E-state index is 10.6. The van der Waals surface area contributed by atoms with E-state index < -0.39 is 12.1 Å². The number of nitrogens with zero attached hydrogens (tertiary/aromatic N) is 3. The van der Waals surface area contributed by atoms with Gasteiger partial charge >= 0.3 is 12.1 Å². The Hall–Kier alpha value is -4.01. The first kappa shape index (κ1) is 38.0. The molecule has 0 aliphatic carbocycles. The average Bonchev–Trinajstić information content (AvgIpc) is 3.39. The van der Waals surface area contributed by atoms with Crippen molar-refractivity contribution in [3.8, 4) is 11.1 Å². The lowest BCUT2D eigenvalue weighted by atomic mass is 9.92. The van der Waals surface area contributed by atoms with Gasteiger partial charge in [-0.25, -0.2) is 4.79 Å². The number of aliphatic carboxylic acids is 1. The summed E-state index contributed by atoms with van der Waals surface area (Å²) >= 11 is 0. The zero-order chi connectivity index (χ0) is 32.1. The van der Waals surface area contributed by atoms with Crippen molar-refractivity contribution in [1.29, 1.82) is 0 Å². The van der Waals surface area contributed by atoms with E-state index in [4.69, 9.17) is 14.7 Å². The minimum absolute atomic E-state index is 0.617. The Kier molecular flexibility index (Phi) is 18.8. The summed E-state index contributed by atoms with van der Waals surface area (Å²) < 4.78 is 33.7. The molecule has 2 heterocycles. The summed E-state index contributed by atoms with van der Waals surface area (Å²) in [6, 6.07) is 13.2. The molecular formula is C33H44F3N3O3. The van der Waals surface area contributed by atoms with Gasteiger partial charge in [-0.2, -0.15) is 18.3 Å². The van der Waals surface area contributed by atoms with Crippen LogP contribution in [0.4, 0.5) is 13.2 Å². The number of unbranched alkanes of at least 4 members (excludes halogenated alkanes) is 2. The molecule has 6 nitrogen and oxygen atoms in total. The second-order valence-electron chi connectivity index (χ2n) is 9.46. The van der Waals surface area contributed by atoms with Gasteiger partial charge in [0.05, 0.1) is 12.2 Å². The predicted octanol–water partition coefficient (Wildman–Crippen LogP) is 8.99. The van der Waals surface area contributed by atoms with Crippen molar-refractivity contribution in [1.82, 2.24) is 14.8 Å². The number of carbonyl (C=O) groups is 2. The number of rotatable bonds is 10. The molecule has 0 saturated heterocycles. The van der Waals surface area contributed by atoms with Crippen LogP contribution in [-0.4, -0.2) is 38.8 Å². The van der Waals surface area contributed by atoms with Crippen LogP contribution in [0.25, 0.3) is 17.2 Å². The number of aromatic nitrogens is 3. The van der Waals surface area contributed by atoms with E-state index in [1.165, 1.54) is 47.9 Å². The van der Waals surface area contributed by atoms with Gasteiger partial charge in [-0.1, -0.05) is 82.5 Å². The summed E-state index contributed by atoms with van der Waals surface area (Å²) in [5, 5.41) is 11.6. The van der Waals surface area contributed by atoms with Gasteiger partial charge in [0.1, 0.15) is 6.79 Å². The summed E-state index contributed by atoms with van der Waals surface area (Å²) in [4.78, 5) is 21.4. The molecule has 1 unspecified atom stereocenters. The van der Waals surface area contributed by atoms with Crippen molar-refractivity contribution >= 4 is 18.8 Å². The van der Waals surface area contributed by atoms with Gasteiger partial charge < -0.3 is 9.90 Å². The van der Waals surface area contributed by atoms with E-state index in [1.807, 2.05) is 42.9 Å². The first-order chi connectivity index (χ1) is 19.9. The Morgan fingerprint density at radius 1 is 1.07 bits per heavy atom. The van der Waals surface area contributed by atoms with Crippen LogP contribution in [0.1, 0.15) is 81.3 Å². The lowest BCUT2D eigenvalue weighted by Gasteiger charge is -2.14. The summed E-state index contributed by atoms with van der Waals surface area (Å²) in [5.74, 6) is -2.14. The second-order valence-corrected chi connectivity index (χ2v) is 9.46. The zero-order valence-corrected chi connectivity index (χ0v) is 25.3. The average molecular weight is 588 g/mol. The molecule has 0 aliphatic rings. The Balaban J connectivity index is 0.00000109. The molecule has 42 heavy (non-hydrogen) atoms. The molecule has 0 aliphatic heterocycles. The van der Waals surface area contributed by atoms with E-state index in [0.717, 1.165) is 24.4 Å². The Morgan fingerprint density at radius 2 is 1.67 bits per heavy atom. The maximum Gasteiger partial charge on any atom is 0.490 e. The number of carboxylic acid groups (broad SMARTS) is 1. The lowest BCUT2D eigenvalue weighted by Crippen LogP contribution is -2.21. The molecule has 3 rings (SSSR count). The quantitative estimate of drug-likeness (QED) is 0.189. The Bertz CT molecular complexity index is 1220. The van der Waals surface area contributed by atoms with E-state index in [9.17, 15) is 13.2 Å². The fourth-order valence-corrected chi connectivity index (χ4v) is 3.74. The molecular weight excluding hydrogens is 543 g/mol. The number of benzene rings is 1. The highest BCUT2D eigenvalue weighted by atomic mass is 19.4. The summed E-state index contributed by atoms with van der Waals surface area (Å²) in [7, 11) is 0. The van der Waals surface area contributed by atoms with Gasteiger partial charge in [0.15, 0.2) is 0 Å². The number of pyridine rings is 1. The van der Waals surface area contributed by atoms with E-state index in [0.29, 0.717) is 5.92 Å². The fraction of sp³-hybridized carbons (Fsp3) is 0.394. The van der Waals surface area contributed by atoms with Crippen molar-refractivity contribution < 1.29 is 27.9 Å². The molecule has 2 aromatic heterocycles. The third-order valence-corrected chi connectivity index (χ3v) is 6.10. The number of hydrogen-bond acceptors (Lipinski definition) is 4. The molecule has 1 N–H and O–H groups in total. The van der Waals surface area contributed by atoms with E-state index in [1.54, 1.807) is 0 Å². The SMILES string of the molecule is C=CCC.C=O.CCCCCC(C)c1ccc(-c2ccnc(C)c2/C=C/Cn2ccc(C)n2)cc1.O=C(O)C(F)(F)F. The third-order valence-electron chi connectivity index (χ3n) is 6.10. The number of carboxylic acids is 1. The van der Waals surface area contributed by atoms with Crippen LogP contribution in [-0.2, 0) is 16.1 Å². The number of halogens is 3. The first-order valence-corrected chi connectivity index (χ1v) is 13.9. The fourth-order valence-electron chi connectivity index (χ4n) is 3.74. The highest BCUT2D eigenvalue weighted by Crippen LogP contribution is 2.29. The Morgan fingerprint density at radius 3 is 2.14 bits per heavy atom. The second kappa shape index (κ2) is 20.8. The van der Waals surface area contributed by atoms with E-state index in [2.05, 4.69) is 86.8 Å². The van der Waals surface area contributed by atoms with Crippen molar-refractivity contribution in [2.45, 2.75) is 85.4 Å². The number of aryl methyl sites for hydroxylation is 2. The zero-order valence-electron chi connectivity index (χ0n) is 25.3. The maximum atomic E-state index is 10.6. The van der Waals surface area contributed by atoms with Gasteiger partial charge in [0.25, 0.3) is 0 Å². The van der Waals surface area contributed by atoms with Crippen LogP contribution in [0.2, 0.25) is 0 Å². The topological polar surface area (TPSA) is 85.1 Å². The molecule has 0 radical (unpaired) electrons. The third kappa shape index (κ3) is 14.6. The summed E-state index contributed by atoms with van der Waals surface area (Å²) in [5.41, 5.74) is 7.18. The molecule has 0 fully saturated rings. The van der Waals surface area contributed by atoms with Crippen molar-refractivity contribution in [2.24, 2.45) is 0 Å². The number of alkyl halides is 3. The molecule has 0 bridgehead atoms. The molecule has 0 spiro atoms. The predicted molar refractivity (Wildman–Crippen MR) is 164 cm³/mol. The van der Waals surface area contributed by atoms with Crippen LogP contribution in [0.15, 0.2) is 67.5 Å². The molecule has 9 heteroatoms. The lowest BCUT2D eigenvalue weighted by molar-refractivity contribution is -0.192. The normalized spacial score (nSPS) is 11.2. The highest BCUT2D eigenvalue weighted by molar-refractivity contribution is 5.76. The minimum Gasteiger partial charge on any atom is -0.475 e. The van der Waals surface area contributed by atoms with Crippen LogP contribution in [0, 0.1) is 13.8 Å². The molecule has 3 aromatic rings. The van der Waals surface area contributed by atoms with Crippen LogP contribution in [0.3, 0.4) is 0 Å².